The van der Waals surface area contributed by atoms with Crippen LogP contribution in [0.15, 0.2) is 0 Å². The predicted molar refractivity (Wildman–Crippen MR) is 53.3 cm³/mol. The van der Waals surface area contributed by atoms with Gasteiger partial charge in [-0.25, -0.2) is 0 Å². The monoisotopic (exact) mass is 201 g/mol. The molecule has 1 rings (SSSR count). The quantitative estimate of drug-likeness (QED) is 0.719. The van der Waals surface area contributed by atoms with Gasteiger partial charge in [-0.3, -0.25) is 9.69 Å². The Balaban J connectivity index is 2.35. The lowest BCUT2D eigenvalue weighted by atomic mass is 10.2. The maximum absolute atomic E-state index is 10.5. The maximum atomic E-state index is 10.5. The number of methoxy groups -OCH3 is 1. The van der Waals surface area contributed by atoms with Gasteiger partial charge in [0, 0.05) is 19.7 Å². The second-order valence-corrected chi connectivity index (χ2v) is 3.94. The third kappa shape index (κ3) is 3.27. The number of carbonyl (C=O) groups is 1. The Bertz CT molecular complexity index is 196. The van der Waals surface area contributed by atoms with Crippen molar-refractivity contribution in [1.29, 1.82) is 0 Å². The van der Waals surface area contributed by atoms with Crippen molar-refractivity contribution in [2.75, 3.05) is 20.2 Å². The summed E-state index contributed by atoms with van der Waals surface area (Å²) < 4.78 is 5.15. The summed E-state index contributed by atoms with van der Waals surface area (Å²) in [6.07, 6.45) is 2.35. The van der Waals surface area contributed by atoms with Crippen LogP contribution in [0.2, 0.25) is 0 Å². The molecule has 82 valence electrons. The van der Waals surface area contributed by atoms with Crippen molar-refractivity contribution in [2.24, 2.45) is 0 Å². The zero-order valence-electron chi connectivity index (χ0n) is 8.90. The van der Waals surface area contributed by atoms with E-state index in [1.807, 2.05) is 0 Å². The van der Waals surface area contributed by atoms with Crippen LogP contribution in [0.3, 0.4) is 0 Å². The summed E-state index contributed by atoms with van der Waals surface area (Å²) in [5.74, 6) is -0.788. The molecular formula is C10H19NO3. The summed E-state index contributed by atoms with van der Waals surface area (Å²) in [4.78, 5) is 12.8. The van der Waals surface area contributed by atoms with E-state index in [1.54, 1.807) is 7.11 Å². The van der Waals surface area contributed by atoms with Crippen LogP contribution in [0.25, 0.3) is 0 Å². The van der Waals surface area contributed by atoms with Crippen molar-refractivity contribution in [3.63, 3.8) is 0 Å². The number of hydrogen-bond acceptors (Lipinski definition) is 3. The first-order valence-electron chi connectivity index (χ1n) is 5.12. The Hall–Kier alpha value is -0.610. The Morgan fingerprint density at radius 2 is 2.43 bits per heavy atom. The molecule has 1 aliphatic rings. The minimum Gasteiger partial charge on any atom is -0.481 e. The van der Waals surface area contributed by atoms with E-state index >= 15 is 0 Å². The van der Waals surface area contributed by atoms with Crippen molar-refractivity contribution < 1.29 is 14.6 Å². The molecule has 1 aliphatic heterocycles. The summed E-state index contributed by atoms with van der Waals surface area (Å²) in [5, 5.41) is 8.66. The second-order valence-electron chi connectivity index (χ2n) is 3.94. The fourth-order valence-electron chi connectivity index (χ4n) is 1.94. The van der Waals surface area contributed by atoms with E-state index < -0.39 is 5.97 Å². The van der Waals surface area contributed by atoms with Crippen LogP contribution in [0, 0.1) is 0 Å². The molecule has 14 heavy (non-hydrogen) atoms. The molecule has 0 amide bonds. The lowest BCUT2D eigenvalue weighted by molar-refractivity contribution is -0.140. The molecule has 0 aliphatic carbocycles. The molecule has 0 aromatic rings. The van der Waals surface area contributed by atoms with Gasteiger partial charge in [-0.05, 0) is 26.3 Å². The minimum atomic E-state index is -0.788. The van der Waals surface area contributed by atoms with Crippen LogP contribution in [0.4, 0.5) is 0 Å². The fraction of sp³-hybridized carbons (Fsp3) is 0.900. The zero-order chi connectivity index (χ0) is 10.6. The van der Waals surface area contributed by atoms with Gasteiger partial charge in [0.2, 0.25) is 0 Å². The van der Waals surface area contributed by atoms with Crippen molar-refractivity contribution >= 4 is 5.97 Å². The zero-order valence-corrected chi connectivity index (χ0v) is 8.90. The Morgan fingerprint density at radius 3 is 2.86 bits per heavy atom. The molecule has 4 heteroatoms. The normalized spacial score (nSPS) is 25.1. The van der Waals surface area contributed by atoms with Crippen molar-refractivity contribution in [1.82, 2.24) is 4.90 Å². The van der Waals surface area contributed by atoms with Crippen molar-refractivity contribution in [3.8, 4) is 0 Å². The number of likely N-dealkylation sites (tertiary alicyclic amines) is 1. The van der Waals surface area contributed by atoms with E-state index in [1.165, 1.54) is 12.8 Å². The number of hydrogen-bond donors (Lipinski definition) is 1. The standard InChI is InChI=1S/C10H19NO3/c1-8-4-3-5-11(8)7-9(14-2)6-10(12)13/h8-9H,3-7H2,1-2H3,(H,12,13). The summed E-state index contributed by atoms with van der Waals surface area (Å²) in [5.41, 5.74) is 0. The van der Waals surface area contributed by atoms with E-state index in [-0.39, 0.29) is 12.5 Å². The molecule has 1 saturated heterocycles. The first kappa shape index (κ1) is 11.5. The van der Waals surface area contributed by atoms with Gasteiger partial charge in [-0.15, -0.1) is 0 Å². The summed E-state index contributed by atoms with van der Waals surface area (Å²) in [7, 11) is 1.58. The van der Waals surface area contributed by atoms with E-state index in [9.17, 15) is 4.79 Å². The van der Waals surface area contributed by atoms with Gasteiger partial charge in [0.25, 0.3) is 0 Å². The molecule has 2 unspecified atom stereocenters. The number of nitrogens with zero attached hydrogens (tertiary/aromatic N) is 1. The molecule has 1 heterocycles. The lowest BCUT2D eigenvalue weighted by Crippen LogP contribution is -2.36. The Kier molecular flexibility index (Phi) is 4.35. The Labute approximate surface area is 84.8 Å². The summed E-state index contributed by atoms with van der Waals surface area (Å²) in [6.45, 7) is 3.99. The molecule has 2 atom stereocenters. The van der Waals surface area contributed by atoms with E-state index in [0.717, 1.165) is 13.1 Å². The average molecular weight is 201 g/mol. The van der Waals surface area contributed by atoms with E-state index in [0.29, 0.717) is 6.04 Å². The number of aliphatic carboxylic acids is 1. The molecule has 0 bridgehead atoms. The third-order valence-corrected chi connectivity index (χ3v) is 2.86. The van der Waals surface area contributed by atoms with Crippen molar-refractivity contribution in [3.05, 3.63) is 0 Å². The highest BCUT2D eigenvalue weighted by atomic mass is 16.5. The Morgan fingerprint density at radius 1 is 1.71 bits per heavy atom. The first-order valence-corrected chi connectivity index (χ1v) is 5.12. The molecule has 1 fully saturated rings. The summed E-state index contributed by atoms with van der Waals surface area (Å²) in [6, 6.07) is 0.571. The van der Waals surface area contributed by atoms with Gasteiger partial charge in [-0.2, -0.15) is 0 Å². The molecule has 0 aromatic carbocycles. The molecule has 0 saturated carbocycles. The van der Waals surface area contributed by atoms with Crippen LogP contribution in [-0.2, 0) is 9.53 Å². The summed E-state index contributed by atoms with van der Waals surface area (Å²) >= 11 is 0. The van der Waals surface area contributed by atoms with Gasteiger partial charge in [0.15, 0.2) is 0 Å². The molecule has 0 aromatic heterocycles. The maximum Gasteiger partial charge on any atom is 0.306 e. The van der Waals surface area contributed by atoms with Crippen LogP contribution in [0.1, 0.15) is 26.2 Å². The molecule has 0 radical (unpaired) electrons. The van der Waals surface area contributed by atoms with E-state index in [2.05, 4.69) is 11.8 Å². The lowest BCUT2D eigenvalue weighted by Gasteiger charge is -2.25. The SMILES string of the molecule is COC(CC(=O)O)CN1CCCC1C. The van der Waals surface area contributed by atoms with Gasteiger partial charge >= 0.3 is 5.97 Å². The highest BCUT2D eigenvalue weighted by Crippen LogP contribution is 2.17. The third-order valence-electron chi connectivity index (χ3n) is 2.86. The topological polar surface area (TPSA) is 49.8 Å². The molecule has 1 N–H and O–H groups in total. The largest absolute Gasteiger partial charge is 0.481 e. The van der Waals surface area contributed by atoms with Crippen LogP contribution >= 0.6 is 0 Å². The molecule has 0 spiro atoms. The smallest absolute Gasteiger partial charge is 0.306 e. The van der Waals surface area contributed by atoms with Gasteiger partial charge in [-0.1, -0.05) is 0 Å². The molecular weight excluding hydrogens is 182 g/mol. The highest BCUT2D eigenvalue weighted by Gasteiger charge is 2.24. The highest BCUT2D eigenvalue weighted by molar-refractivity contribution is 5.67. The number of carboxylic acid groups (broad SMARTS) is 1. The van der Waals surface area contributed by atoms with Gasteiger partial charge in [0.05, 0.1) is 12.5 Å². The number of carboxylic acids is 1. The minimum absolute atomic E-state index is 0.0969. The molecule has 4 nitrogen and oxygen atoms in total. The second kappa shape index (κ2) is 5.32. The van der Waals surface area contributed by atoms with Crippen LogP contribution in [0.5, 0.6) is 0 Å². The number of ether oxygens (including phenoxy) is 1. The average Bonchev–Trinajstić information content (AvgIpc) is 2.50. The van der Waals surface area contributed by atoms with Crippen molar-refractivity contribution in [2.45, 2.75) is 38.3 Å². The van der Waals surface area contributed by atoms with Gasteiger partial charge < -0.3 is 9.84 Å². The fourth-order valence-corrected chi connectivity index (χ4v) is 1.94. The van der Waals surface area contributed by atoms with Crippen LogP contribution in [-0.4, -0.2) is 48.3 Å². The number of rotatable bonds is 5. The van der Waals surface area contributed by atoms with Crippen LogP contribution < -0.4 is 0 Å². The van der Waals surface area contributed by atoms with E-state index in [4.69, 9.17) is 9.84 Å². The van der Waals surface area contributed by atoms with Gasteiger partial charge in [0.1, 0.15) is 0 Å². The first-order chi connectivity index (χ1) is 6.63. The predicted octanol–water partition coefficient (Wildman–Crippen LogP) is 0.960.